The highest BCUT2D eigenvalue weighted by molar-refractivity contribution is 6.46. The highest BCUT2D eigenvalue weighted by atomic mass is 16.2. The van der Waals surface area contributed by atoms with Crippen molar-refractivity contribution in [1.82, 2.24) is 10.2 Å². The number of ketones is 1. The topological polar surface area (TPSA) is 95.6 Å². The average Bonchev–Trinajstić information content (AvgIpc) is 3.20. The summed E-state index contributed by atoms with van der Waals surface area (Å²) in [6, 6.07) is 13.7. The van der Waals surface area contributed by atoms with Gasteiger partial charge in [-0.1, -0.05) is 30.2 Å². The van der Waals surface area contributed by atoms with E-state index in [1.54, 1.807) is 49.5 Å². The van der Waals surface area contributed by atoms with Gasteiger partial charge in [-0.3, -0.25) is 19.7 Å². The monoisotopic (exact) mass is 387 g/mol. The van der Waals surface area contributed by atoms with E-state index in [1.165, 1.54) is 4.90 Å². The van der Waals surface area contributed by atoms with Gasteiger partial charge in [-0.25, -0.2) is 4.79 Å². The number of likely N-dealkylation sites (N-methyl/N-ethyl adjacent to an activating group) is 1. The van der Waals surface area contributed by atoms with Crippen LogP contribution in [0.3, 0.4) is 0 Å². The molecule has 0 aromatic heterocycles. The standard InChI is InChI=1S/C22H17N3O4/c1-25-21(29)24-20(28)22(25)12-15-8-9-17(11-16(15)13-22)23-19(27)18(26)10-7-14-5-3-2-4-6-14/h2-6,8-9,11H,12-13H2,1H3,(H,23,27)(H,24,28,29). The van der Waals surface area contributed by atoms with Crippen LogP contribution in [-0.4, -0.2) is 41.1 Å². The van der Waals surface area contributed by atoms with E-state index in [0.29, 0.717) is 24.1 Å². The first-order valence-electron chi connectivity index (χ1n) is 9.02. The minimum atomic E-state index is -0.932. The third kappa shape index (κ3) is 3.25. The summed E-state index contributed by atoms with van der Waals surface area (Å²) in [6.07, 6.45) is 0.758. The number of amides is 4. The number of anilines is 1. The SMILES string of the molecule is CN1C(=O)NC(=O)C12Cc1ccc(NC(=O)C(=O)C#Cc3ccccc3)cc1C2. The van der Waals surface area contributed by atoms with E-state index in [2.05, 4.69) is 22.5 Å². The molecule has 7 heteroatoms. The summed E-state index contributed by atoms with van der Waals surface area (Å²) in [5, 5.41) is 4.89. The average molecular weight is 387 g/mol. The minimum absolute atomic E-state index is 0.321. The zero-order valence-corrected chi connectivity index (χ0v) is 15.6. The smallest absolute Gasteiger partial charge is 0.319 e. The van der Waals surface area contributed by atoms with E-state index in [4.69, 9.17) is 0 Å². The van der Waals surface area contributed by atoms with Crippen LogP contribution in [-0.2, 0) is 27.2 Å². The molecule has 4 amide bonds. The van der Waals surface area contributed by atoms with Gasteiger partial charge in [0.2, 0.25) is 0 Å². The number of Topliss-reactive ketones (excluding diaryl/α,β-unsaturated/α-hetero) is 1. The Morgan fingerprint density at radius 1 is 1.07 bits per heavy atom. The lowest BCUT2D eigenvalue weighted by Gasteiger charge is -2.27. The van der Waals surface area contributed by atoms with Crippen LogP contribution >= 0.6 is 0 Å². The van der Waals surface area contributed by atoms with Crippen molar-refractivity contribution in [2.75, 3.05) is 12.4 Å². The number of fused-ring (bicyclic) bond motifs is 1. The molecule has 1 aliphatic carbocycles. The zero-order chi connectivity index (χ0) is 20.6. The van der Waals surface area contributed by atoms with Crippen molar-refractivity contribution >= 4 is 29.3 Å². The Hall–Kier alpha value is -3.92. The van der Waals surface area contributed by atoms with Gasteiger partial charge in [0.15, 0.2) is 0 Å². The summed E-state index contributed by atoms with van der Waals surface area (Å²) < 4.78 is 0. The van der Waals surface area contributed by atoms with Crippen molar-refractivity contribution in [1.29, 1.82) is 0 Å². The molecule has 1 aliphatic heterocycles. The van der Waals surface area contributed by atoms with Crippen LogP contribution in [0.2, 0.25) is 0 Å². The third-order valence-corrected chi connectivity index (χ3v) is 5.32. The lowest BCUT2D eigenvalue weighted by atomic mass is 9.95. The third-order valence-electron chi connectivity index (χ3n) is 5.32. The normalized spacial score (nSPS) is 19.4. The molecular formula is C22H17N3O4. The molecule has 1 fully saturated rings. The molecule has 0 saturated carbocycles. The maximum absolute atomic E-state index is 12.3. The van der Waals surface area contributed by atoms with E-state index in [9.17, 15) is 19.2 Å². The predicted molar refractivity (Wildman–Crippen MR) is 105 cm³/mol. The number of nitrogens with one attached hydrogen (secondary N) is 2. The predicted octanol–water partition coefficient (Wildman–Crippen LogP) is 1.26. The number of imide groups is 1. The molecule has 2 N–H and O–H groups in total. The Bertz CT molecular complexity index is 1110. The Morgan fingerprint density at radius 2 is 1.79 bits per heavy atom. The summed E-state index contributed by atoms with van der Waals surface area (Å²) in [5.41, 5.74) is 1.93. The molecule has 7 nitrogen and oxygen atoms in total. The van der Waals surface area contributed by atoms with Gasteiger partial charge < -0.3 is 10.2 Å². The molecule has 1 unspecified atom stereocenters. The summed E-state index contributed by atoms with van der Waals surface area (Å²) in [7, 11) is 1.60. The van der Waals surface area contributed by atoms with E-state index in [0.717, 1.165) is 11.1 Å². The Labute approximate surface area is 167 Å². The maximum Gasteiger partial charge on any atom is 0.324 e. The lowest BCUT2D eigenvalue weighted by Crippen LogP contribution is -2.48. The fourth-order valence-corrected chi connectivity index (χ4v) is 3.67. The van der Waals surface area contributed by atoms with Crippen molar-refractivity contribution in [3.05, 3.63) is 65.2 Å². The number of carbonyl (C=O) groups excluding carboxylic acids is 4. The fourth-order valence-electron chi connectivity index (χ4n) is 3.67. The van der Waals surface area contributed by atoms with Crippen LogP contribution in [0.4, 0.5) is 10.5 Å². The molecule has 2 aliphatic rings. The second-order valence-corrected chi connectivity index (χ2v) is 7.09. The van der Waals surface area contributed by atoms with E-state index >= 15 is 0 Å². The van der Waals surface area contributed by atoms with E-state index in [1.807, 2.05) is 6.07 Å². The summed E-state index contributed by atoms with van der Waals surface area (Å²) >= 11 is 0. The summed E-state index contributed by atoms with van der Waals surface area (Å²) in [5.74, 6) is 3.00. The molecule has 1 atom stereocenters. The largest absolute Gasteiger partial charge is 0.324 e. The molecule has 1 spiro atoms. The van der Waals surface area contributed by atoms with Crippen LogP contribution in [0.25, 0.3) is 0 Å². The highest BCUT2D eigenvalue weighted by Crippen LogP contribution is 2.38. The molecular weight excluding hydrogens is 370 g/mol. The highest BCUT2D eigenvalue weighted by Gasteiger charge is 2.54. The van der Waals surface area contributed by atoms with Crippen LogP contribution in [0.1, 0.15) is 16.7 Å². The van der Waals surface area contributed by atoms with Gasteiger partial charge in [0.1, 0.15) is 5.54 Å². The van der Waals surface area contributed by atoms with Crippen LogP contribution in [0, 0.1) is 11.8 Å². The molecule has 1 saturated heterocycles. The van der Waals surface area contributed by atoms with Gasteiger partial charge >= 0.3 is 11.9 Å². The van der Waals surface area contributed by atoms with E-state index in [-0.39, 0.29) is 5.91 Å². The second kappa shape index (κ2) is 6.91. The molecule has 0 radical (unpaired) electrons. The number of rotatable bonds is 2. The summed E-state index contributed by atoms with van der Waals surface area (Å²) in [4.78, 5) is 49.7. The number of hydrogen-bond donors (Lipinski definition) is 2. The Kier molecular flexibility index (Phi) is 4.40. The van der Waals surface area contributed by atoms with Gasteiger partial charge in [0.25, 0.3) is 11.7 Å². The molecule has 2 aromatic rings. The number of carbonyl (C=O) groups is 4. The van der Waals surface area contributed by atoms with Crippen molar-refractivity contribution in [3.63, 3.8) is 0 Å². The molecule has 29 heavy (non-hydrogen) atoms. The number of urea groups is 1. The van der Waals surface area contributed by atoms with Gasteiger partial charge in [-0.05, 0) is 41.3 Å². The number of hydrogen-bond acceptors (Lipinski definition) is 4. The molecule has 0 bridgehead atoms. The minimum Gasteiger partial charge on any atom is -0.319 e. The van der Waals surface area contributed by atoms with Crippen molar-refractivity contribution in [2.45, 2.75) is 18.4 Å². The number of benzene rings is 2. The van der Waals surface area contributed by atoms with Gasteiger partial charge in [-0.2, -0.15) is 0 Å². The molecule has 2 aromatic carbocycles. The van der Waals surface area contributed by atoms with Crippen LogP contribution in [0.15, 0.2) is 48.5 Å². The summed E-state index contributed by atoms with van der Waals surface area (Å²) in [6.45, 7) is 0. The second-order valence-electron chi connectivity index (χ2n) is 7.09. The molecule has 4 rings (SSSR count). The molecule has 144 valence electrons. The van der Waals surface area contributed by atoms with Crippen LogP contribution < -0.4 is 10.6 Å². The lowest BCUT2D eigenvalue weighted by molar-refractivity contribution is -0.131. The Morgan fingerprint density at radius 3 is 2.48 bits per heavy atom. The fraction of sp³-hybridized carbons (Fsp3) is 0.182. The van der Waals surface area contributed by atoms with Crippen LogP contribution in [0.5, 0.6) is 0 Å². The quantitative estimate of drug-likeness (QED) is 0.461. The maximum atomic E-state index is 12.3. The van der Waals surface area contributed by atoms with Gasteiger partial charge in [0.05, 0.1) is 0 Å². The first-order valence-corrected chi connectivity index (χ1v) is 9.02. The Balaban J connectivity index is 1.48. The van der Waals surface area contributed by atoms with Crippen molar-refractivity contribution in [3.8, 4) is 11.8 Å². The molecule has 1 heterocycles. The van der Waals surface area contributed by atoms with Crippen molar-refractivity contribution < 1.29 is 19.2 Å². The van der Waals surface area contributed by atoms with Gasteiger partial charge in [0, 0.05) is 31.1 Å². The zero-order valence-electron chi connectivity index (χ0n) is 15.6. The van der Waals surface area contributed by atoms with E-state index < -0.39 is 23.3 Å². The number of nitrogens with zero attached hydrogens (tertiary/aromatic N) is 1. The first-order chi connectivity index (χ1) is 13.9. The van der Waals surface area contributed by atoms with Crippen molar-refractivity contribution in [2.24, 2.45) is 0 Å². The first kappa shape index (κ1) is 18.4. The van der Waals surface area contributed by atoms with Gasteiger partial charge in [-0.15, -0.1) is 0 Å².